The average Bonchev–Trinajstić information content (AvgIpc) is 2.55. The minimum absolute atomic E-state index is 0.171. The van der Waals surface area contributed by atoms with Crippen LogP contribution in [0.5, 0.6) is 0 Å². The fourth-order valence-electron chi connectivity index (χ4n) is 2.27. The molecule has 118 valence electrons. The Balaban J connectivity index is 2.16. The fourth-order valence-corrected chi connectivity index (χ4v) is 2.27. The van der Waals surface area contributed by atoms with Crippen molar-refractivity contribution in [3.05, 3.63) is 71.8 Å². The van der Waals surface area contributed by atoms with Gasteiger partial charge in [-0.1, -0.05) is 60.7 Å². The number of hydrogen-bond donors (Lipinski definition) is 1. The van der Waals surface area contributed by atoms with E-state index in [1.807, 2.05) is 65.6 Å². The molecule has 0 fully saturated rings. The highest BCUT2D eigenvalue weighted by Gasteiger charge is 2.28. The molecule has 2 rings (SSSR count). The van der Waals surface area contributed by atoms with Gasteiger partial charge >= 0.3 is 0 Å². The molecule has 3 heteroatoms. The summed E-state index contributed by atoms with van der Waals surface area (Å²) in [4.78, 5) is 1.82. The summed E-state index contributed by atoms with van der Waals surface area (Å²) in [7, 11) is 0. The molecule has 0 amide bonds. The molecule has 0 aliphatic rings. The first-order valence-electron chi connectivity index (χ1n) is 8.87. The van der Waals surface area contributed by atoms with Crippen LogP contribution in [-0.4, -0.2) is 28.3 Å². The summed E-state index contributed by atoms with van der Waals surface area (Å²) in [5.41, 5.74) is -0.392. The van der Waals surface area contributed by atoms with E-state index in [1.165, 1.54) is 0 Å². The third-order valence-corrected chi connectivity index (χ3v) is 3.53. The molecule has 0 aromatic heterocycles. The van der Waals surface area contributed by atoms with Gasteiger partial charge in [-0.2, -0.15) is 0 Å². The quantitative estimate of drug-likeness (QED) is 0.841. The Kier molecular flexibility index (Phi) is 4.38. The van der Waals surface area contributed by atoms with E-state index < -0.39 is 18.6 Å². The normalized spacial score (nSPS) is 18.1. The van der Waals surface area contributed by atoms with E-state index in [2.05, 4.69) is 0 Å². The van der Waals surface area contributed by atoms with Crippen molar-refractivity contribution in [3.8, 4) is 0 Å². The first-order valence-corrected chi connectivity index (χ1v) is 7.37. The topological polar surface area (TPSA) is 23.5 Å². The van der Waals surface area contributed by atoms with Gasteiger partial charge in [0.05, 0.1) is 5.60 Å². The van der Waals surface area contributed by atoms with Crippen LogP contribution in [-0.2, 0) is 13.1 Å². The first-order chi connectivity index (χ1) is 11.7. The van der Waals surface area contributed by atoms with Gasteiger partial charge in [0.15, 0.2) is 0 Å². The Bertz CT molecular complexity index is 605. The van der Waals surface area contributed by atoms with E-state index in [0.717, 1.165) is 18.1 Å². The minimum Gasteiger partial charge on any atom is -0.387 e. The highest BCUT2D eigenvalue weighted by Crippen LogP contribution is 2.17. The lowest BCUT2D eigenvalue weighted by Gasteiger charge is -2.29. The van der Waals surface area contributed by atoms with Crippen LogP contribution < -0.4 is 0 Å². The lowest BCUT2D eigenvalue weighted by Crippen LogP contribution is -2.41. The molecule has 2 atom stereocenters. The second kappa shape index (κ2) is 7.52. The summed E-state index contributed by atoms with van der Waals surface area (Å²) in [6.07, 6.45) is -1.90. The van der Waals surface area contributed by atoms with Gasteiger partial charge in [0, 0.05) is 23.7 Å². The molecule has 0 bridgehead atoms. The number of aliphatic hydroxyl groups is 1. The van der Waals surface area contributed by atoms with Gasteiger partial charge in [0.2, 0.25) is 0 Å². The summed E-state index contributed by atoms with van der Waals surface area (Å²) in [6.45, 7) is -0.985. The van der Waals surface area contributed by atoms with Gasteiger partial charge in [0.1, 0.15) is 6.17 Å². The molecule has 1 N–H and O–H groups in total. The van der Waals surface area contributed by atoms with E-state index in [1.54, 1.807) is 0 Å². The van der Waals surface area contributed by atoms with Crippen molar-refractivity contribution in [2.45, 2.75) is 38.6 Å². The summed E-state index contributed by atoms with van der Waals surface area (Å²) in [6, 6.07) is 19.2. The summed E-state index contributed by atoms with van der Waals surface area (Å²) < 4.78 is 36.8. The molecule has 0 aliphatic carbocycles. The third-order valence-electron chi connectivity index (χ3n) is 3.53. The minimum atomic E-state index is -2.78. The van der Waals surface area contributed by atoms with Gasteiger partial charge in [-0.15, -0.1) is 0 Å². The molecular formula is C19H24FNO. The molecule has 2 aromatic carbocycles. The van der Waals surface area contributed by atoms with Crippen LogP contribution in [0.1, 0.15) is 29.0 Å². The maximum atomic E-state index is 14.7. The van der Waals surface area contributed by atoms with Gasteiger partial charge in [-0.25, -0.2) is 4.39 Å². The van der Waals surface area contributed by atoms with Crippen LogP contribution in [0.3, 0.4) is 0 Å². The van der Waals surface area contributed by atoms with Gasteiger partial charge < -0.3 is 5.11 Å². The predicted molar refractivity (Wildman–Crippen MR) is 88.2 cm³/mol. The molecule has 0 saturated heterocycles. The Morgan fingerprint density at radius 2 is 1.50 bits per heavy atom. The first kappa shape index (κ1) is 12.8. The maximum Gasteiger partial charge on any atom is 0.141 e. The van der Waals surface area contributed by atoms with Crippen LogP contribution in [0.4, 0.5) is 4.39 Å². The van der Waals surface area contributed by atoms with Crippen molar-refractivity contribution in [2.75, 3.05) is 6.54 Å². The summed E-state index contributed by atoms with van der Waals surface area (Å²) >= 11 is 0. The molecule has 2 aromatic rings. The molecule has 0 saturated carbocycles. The van der Waals surface area contributed by atoms with Crippen LogP contribution in [0.2, 0.25) is 0 Å². The van der Waals surface area contributed by atoms with E-state index in [4.69, 9.17) is 4.11 Å². The lowest BCUT2D eigenvalue weighted by atomic mass is 10.0. The smallest absolute Gasteiger partial charge is 0.141 e. The van der Waals surface area contributed by atoms with Crippen LogP contribution in [0.15, 0.2) is 60.7 Å². The van der Waals surface area contributed by atoms with Crippen LogP contribution in [0.25, 0.3) is 0 Å². The molecule has 0 aliphatic heterocycles. The molecule has 22 heavy (non-hydrogen) atoms. The summed E-state index contributed by atoms with van der Waals surface area (Å²) in [5.74, 6) is 0. The van der Waals surface area contributed by atoms with Crippen molar-refractivity contribution < 1.29 is 13.6 Å². The monoisotopic (exact) mass is 304 g/mol. The van der Waals surface area contributed by atoms with E-state index >= 15 is 0 Å². The second-order valence-corrected chi connectivity index (χ2v) is 5.76. The molecule has 2 nitrogen and oxygen atoms in total. The highest BCUT2D eigenvalue weighted by molar-refractivity contribution is 5.17. The third kappa shape index (κ3) is 5.24. The molecule has 0 radical (unpaired) electrons. The number of hydrogen-bond acceptors (Lipinski definition) is 2. The zero-order valence-electron chi connectivity index (χ0n) is 15.7. The van der Waals surface area contributed by atoms with Crippen molar-refractivity contribution in [2.24, 2.45) is 0 Å². The lowest BCUT2D eigenvalue weighted by molar-refractivity contribution is -0.0207. The van der Waals surface area contributed by atoms with Crippen molar-refractivity contribution in [1.82, 2.24) is 4.90 Å². The van der Waals surface area contributed by atoms with Crippen molar-refractivity contribution in [1.29, 1.82) is 0 Å². The molecular weight excluding hydrogens is 277 g/mol. The van der Waals surface area contributed by atoms with Gasteiger partial charge in [0.25, 0.3) is 0 Å². The molecule has 1 unspecified atom stereocenters. The zero-order valence-corrected chi connectivity index (χ0v) is 12.7. The van der Waals surface area contributed by atoms with Crippen LogP contribution in [0, 0.1) is 0 Å². The largest absolute Gasteiger partial charge is 0.387 e. The Morgan fingerprint density at radius 1 is 1.05 bits per heavy atom. The molecule has 0 spiro atoms. The predicted octanol–water partition coefficient (Wildman–Crippen LogP) is 3.80. The standard InChI is InChI=1S/C19H24FNO/c1-19(2,22)18(20)15-21(13-16-9-5-3-6-10-16)14-17-11-7-4-8-12-17/h3-12,18,22H,13-15H2,1-2H3/i1D3/t18?,19-/m0/s1. The van der Waals surface area contributed by atoms with Gasteiger partial charge in [-0.3, -0.25) is 4.90 Å². The zero-order chi connectivity index (χ0) is 18.5. The van der Waals surface area contributed by atoms with Crippen molar-refractivity contribution >= 4 is 0 Å². The second-order valence-electron chi connectivity index (χ2n) is 5.76. The Hall–Kier alpha value is -1.71. The van der Waals surface area contributed by atoms with E-state index in [-0.39, 0.29) is 6.54 Å². The molecule has 0 heterocycles. The number of halogens is 1. The maximum absolute atomic E-state index is 14.7. The number of nitrogens with zero attached hydrogens (tertiary/aromatic N) is 1. The number of rotatable bonds is 7. The summed E-state index contributed by atoms with van der Waals surface area (Å²) in [5, 5.41) is 10.1. The average molecular weight is 304 g/mol. The van der Waals surface area contributed by atoms with Crippen molar-refractivity contribution in [3.63, 3.8) is 0 Å². The van der Waals surface area contributed by atoms with Crippen LogP contribution >= 0.6 is 0 Å². The number of alkyl halides is 1. The fraction of sp³-hybridized carbons (Fsp3) is 0.368. The number of benzene rings is 2. The van der Waals surface area contributed by atoms with Gasteiger partial charge in [-0.05, 0) is 24.9 Å². The van der Waals surface area contributed by atoms with E-state index in [0.29, 0.717) is 13.1 Å². The van der Waals surface area contributed by atoms with E-state index in [9.17, 15) is 9.50 Å². The highest BCUT2D eigenvalue weighted by atomic mass is 19.1. The Morgan fingerprint density at radius 3 is 1.91 bits per heavy atom. The Labute approximate surface area is 136 Å². The SMILES string of the molecule is [2H]C([2H])([2H])[C@@](C)(O)C(F)CN(Cc1ccccc1)Cc1ccccc1.